The summed E-state index contributed by atoms with van der Waals surface area (Å²) >= 11 is 0. The number of nitrogens with one attached hydrogen (secondary N) is 1. The van der Waals surface area contributed by atoms with E-state index in [1.54, 1.807) is 20.8 Å². The minimum atomic E-state index is -1.43. The van der Waals surface area contributed by atoms with Gasteiger partial charge >= 0.3 is 12.1 Å². The summed E-state index contributed by atoms with van der Waals surface area (Å²) in [6, 6.07) is 3.15. The smallest absolute Gasteiger partial charge is 0.407 e. The summed E-state index contributed by atoms with van der Waals surface area (Å²) in [7, 11) is 1.10. The first kappa shape index (κ1) is 27.4. The summed E-state index contributed by atoms with van der Waals surface area (Å²) in [5.74, 6) is -6.61. The first-order valence-electron chi connectivity index (χ1n) is 11.0. The van der Waals surface area contributed by atoms with Gasteiger partial charge in [-0.05, 0) is 44.5 Å². The molecule has 0 radical (unpaired) electrons. The fourth-order valence-corrected chi connectivity index (χ4v) is 4.00. The number of nitro groups is 1. The van der Waals surface area contributed by atoms with Crippen LogP contribution in [0.2, 0.25) is 0 Å². The van der Waals surface area contributed by atoms with Crippen molar-refractivity contribution in [3.8, 4) is 0 Å². The lowest BCUT2D eigenvalue weighted by molar-refractivity contribution is -0.384. The molecule has 1 saturated heterocycles. The molecular weight excluding hydrogens is 499 g/mol. The van der Waals surface area contributed by atoms with Gasteiger partial charge in [-0.25, -0.2) is 22.8 Å². The second kappa shape index (κ2) is 10.4. The zero-order chi connectivity index (χ0) is 27.7. The van der Waals surface area contributed by atoms with Crippen LogP contribution >= 0.6 is 0 Å². The van der Waals surface area contributed by atoms with E-state index in [4.69, 9.17) is 4.74 Å². The number of ether oxygens (including phenoxy) is 2. The number of nitro benzene ring substituents is 1. The number of nitrogens with zero attached hydrogens (tertiary/aromatic N) is 2. The average Bonchev–Trinajstić information content (AvgIpc) is 2.80. The van der Waals surface area contributed by atoms with Gasteiger partial charge in [0.15, 0.2) is 11.6 Å². The van der Waals surface area contributed by atoms with E-state index in [2.05, 4.69) is 10.1 Å². The Kier molecular flexibility index (Phi) is 7.74. The lowest BCUT2D eigenvalue weighted by atomic mass is 9.84. The van der Waals surface area contributed by atoms with Crippen LogP contribution in [0.5, 0.6) is 0 Å². The van der Waals surface area contributed by atoms with Gasteiger partial charge < -0.3 is 19.7 Å². The van der Waals surface area contributed by atoms with Gasteiger partial charge in [0.05, 0.1) is 23.6 Å². The van der Waals surface area contributed by atoms with Crippen LogP contribution in [0, 0.1) is 27.6 Å². The van der Waals surface area contributed by atoms with Crippen LogP contribution in [0.25, 0.3) is 0 Å². The van der Waals surface area contributed by atoms with Gasteiger partial charge in [0.2, 0.25) is 5.91 Å². The molecule has 3 rings (SSSR count). The Morgan fingerprint density at radius 1 is 1.11 bits per heavy atom. The molecule has 13 heteroatoms. The molecule has 2 atom stereocenters. The molecule has 0 spiro atoms. The molecule has 2 unspecified atom stereocenters. The monoisotopic (exact) mass is 523 g/mol. The predicted octanol–water partition coefficient (Wildman–Crippen LogP) is 4.21. The maximum absolute atomic E-state index is 14.7. The Bertz CT molecular complexity index is 1260. The summed E-state index contributed by atoms with van der Waals surface area (Å²) < 4.78 is 52.0. The molecule has 2 aromatic carbocycles. The molecular formula is C24H24F3N3O7. The van der Waals surface area contributed by atoms with Gasteiger partial charge in [0.1, 0.15) is 17.1 Å². The second-order valence-electron chi connectivity index (χ2n) is 9.31. The van der Waals surface area contributed by atoms with Crippen molar-refractivity contribution in [1.29, 1.82) is 0 Å². The largest absolute Gasteiger partial charge is 0.465 e. The van der Waals surface area contributed by atoms with Gasteiger partial charge in [-0.2, -0.15) is 0 Å². The number of hydrogen-bond acceptors (Lipinski definition) is 7. The topological polar surface area (TPSA) is 128 Å². The Hall–Kier alpha value is -4.16. The number of hydrogen-bond donors (Lipinski definition) is 1. The highest BCUT2D eigenvalue weighted by atomic mass is 19.2. The zero-order valence-electron chi connectivity index (χ0n) is 20.3. The van der Waals surface area contributed by atoms with Crippen molar-refractivity contribution >= 4 is 29.3 Å². The summed E-state index contributed by atoms with van der Waals surface area (Å²) in [6.45, 7) is 4.39. The van der Waals surface area contributed by atoms with E-state index in [1.807, 2.05) is 0 Å². The first-order chi connectivity index (χ1) is 17.2. The summed E-state index contributed by atoms with van der Waals surface area (Å²) in [5, 5.41) is 14.3. The minimum absolute atomic E-state index is 0.132. The number of amides is 2. The molecule has 1 fully saturated rings. The Morgan fingerprint density at radius 2 is 1.76 bits per heavy atom. The first-order valence-corrected chi connectivity index (χ1v) is 11.0. The fourth-order valence-electron chi connectivity index (χ4n) is 4.00. The van der Waals surface area contributed by atoms with E-state index in [1.165, 1.54) is 12.1 Å². The van der Waals surface area contributed by atoms with Gasteiger partial charge in [0.25, 0.3) is 5.69 Å². The van der Waals surface area contributed by atoms with Crippen molar-refractivity contribution in [1.82, 2.24) is 5.32 Å². The molecule has 10 nitrogen and oxygen atoms in total. The Morgan fingerprint density at radius 3 is 2.35 bits per heavy atom. The summed E-state index contributed by atoms with van der Waals surface area (Å²) in [5.41, 5.74) is -2.19. The van der Waals surface area contributed by atoms with Gasteiger partial charge in [0, 0.05) is 31.0 Å². The number of esters is 1. The van der Waals surface area contributed by atoms with E-state index in [9.17, 15) is 37.7 Å². The Balaban J connectivity index is 2.05. The van der Waals surface area contributed by atoms with Gasteiger partial charge in [-0.1, -0.05) is 0 Å². The molecule has 0 bridgehead atoms. The van der Waals surface area contributed by atoms with E-state index in [0.29, 0.717) is 12.1 Å². The molecule has 1 aliphatic rings. The van der Waals surface area contributed by atoms with Crippen molar-refractivity contribution in [2.75, 3.05) is 18.6 Å². The van der Waals surface area contributed by atoms with E-state index in [0.717, 1.165) is 18.1 Å². The molecule has 37 heavy (non-hydrogen) atoms. The quantitative estimate of drug-likeness (QED) is 0.269. The third-order valence-corrected chi connectivity index (χ3v) is 5.59. The molecule has 0 saturated carbocycles. The predicted molar refractivity (Wildman–Crippen MR) is 124 cm³/mol. The SMILES string of the molecule is COC(=O)c1ccc(N2CC(NC(=O)OC(C)(C)C)C(c3cc(F)c(F)cc3F)CC2=O)c([N+](=O)[O-])c1. The fraction of sp³-hybridized carbons (Fsp3) is 0.375. The summed E-state index contributed by atoms with van der Waals surface area (Å²) in [4.78, 5) is 49.4. The molecule has 2 aromatic rings. The van der Waals surface area contributed by atoms with Gasteiger partial charge in [-0.3, -0.25) is 14.9 Å². The highest BCUT2D eigenvalue weighted by molar-refractivity contribution is 5.99. The number of carbonyl (C=O) groups excluding carboxylic acids is 3. The number of carbonyl (C=O) groups is 3. The molecule has 2 amide bonds. The van der Waals surface area contributed by atoms with Crippen LogP contribution in [-0.2, 0) is 14.3 Å². The maximum Gasteiger partial charge on any atom is 0.407 e. The number of alkyl carbamates (subject to hydrolysis) is 1. The molecule has 1 N–H and O–H groups in total. The highest BCUT2D eigenvalue weighted by Gasteiger charge is 2.41. The highest BCUT2D eigenvalue weighted by Crippen LogP contribution is 2.37. The molecule has 1 aliphatic heterocycles. The van der Waals surface area contributed by atoms with Crippen molar-refractivity contribution in [2.45, 2.75) is 44.8 Å². The molecule has 1 heterocycles. The zero-order valence-corrected chi connectivity index (χ0v) is 20.3. The third kappa shape index (κ3) is 6.16. The van der Waals surface area contributed by atoms with Crippen LogP contribution in [-0.4, -0.2) is 48.2 Å². The van der Waals surface area contributed by atoms with Gasteiger partial charge in [-0.15, -0.1) is 0 Å². The number of halogens is 3. The maximum atomic E-state index is 14.7. The number of piperidine rings is 1. The third-order valence-electron chi connectivity index (χ3n) is 5.59. The van der Waals surface area contributed by atoms with Crippen molar-refractivity contribution < 1.29 is 42.0 Å². The summed E-state index contributed by atoms with van der Waals surface area (Å²) in [6.07, 6.45) is -1.45. The van der Waals surface area contributed by atoms with E-state index < -0.39 is 76.6 Å². The van der Waals surface area contributed by atoms with Crippen molar-refractivity contribution in [3.63, 3.8) is 0 Å². The number of anilines is 1. The van der Waals surface area contributed by atoms with Crippen molar-refractivity contribution in [3.05, 3.63) is 69.0 Å². The number of benzene rings is 2. The van der Waals surface area contributed by atoms with Crippen LogP contribution < -0.4 is 10.2 Å². The molecule has 0 aromatic heterocycles. The van der Waals surface area contributed by atoms with Crippen LogP contribution in [0.1, 0.15) is 49.0 Å². The normalized spacial score (nSPS) is 17.8. The standard InChI is InChI=1S/C24H24F3N3O7/c1-24(2,3)37-23(33)28-18-11-29(19-6-5-12(22(32)36-4)7-20(19)30(34)35)21(31)9-14(18)13-8-16(26)17(27)10-15(13)25/h5-8,10,14,18H,9,11H2,1-4H3,(H,28,33). The van der Waals surface area contributed by atoms with Crippen molar-refractivity contribution in [2.24, 2.45) is 0 Å². The van der Waals surface area contributed by atoms with Crippen LogP contribution in [0.15, 0.2) is 30.3 Å². The van der Waals surface area contributed by atoms with E-state index in [-0.39, 0.29) is 16.8 Å². The molecule has 0 aliphatic carbocycles. The number of methoxy groups -OCH3 is 1. The van der Waals surface area contributed by atoms with Crippen LogP contribution in [0.4, 0.5) is 29.3 Å². The van der Waals surface area contributed by atoms with Crippen LogP contribution in [0.3, 0.4) is 0 Å². The van der Waals surface area contributed by atoms with E-state index >= 15 is 0 Å². The Labute approximate surface area is 209 Å². The molecule has 198 valence electrons. The second-order valence-corrected chi connectivity index (χ2v) is 9.31. The average molecular weight is 523 g/mol. The minimum Gasteiger partial charge on any atom is -0.465 e. The lowest BCUT2D eigenvalue weighted by Gasteiger charge is -2.38. The number of rotatable bonds is 5. The lowest BCUT2D eigenvalue weighted by Crippen LogP contribution is -2.55.